The molecule has 1 aliphatic carbocycles. The first kappa shape index (κ1) is 8.24. The molecule has 1 N–H and O–H groups in total. The van der Waals surface area contributed by atoms with E-state index in [-0.39, 0.29) is 5.78 Å². The Bertz CT molecular complexity index is 218. The van der Waals surface area contributed by atoms with E-state index in [1.165, 1.54) is 0 Å². The number of rotatable bonds is 0. The number of hydrogen-bond donors (Lipinski definition) is 1. The van der Waals surface area contributed by atoms with E-state index in [0.29, 0.717) is 5.71 Å². The first-order valence-corrected chi connectivity index (χ1v) is 3.63. The van der Waals surface area contributed by atoms with E-state index < -0.39 is 10.8 Å². The van der Waals surface area contributed by atoms with Crippen molar-refractivity contribution < 1.29 is 10.0 Å². The Morgan fingerprint density at radius 2 is 1.55 bits per heavy atom. The van der Waals surface area contributed by atoms with E-state index in [1.807, 2.05) is 0 Å². The third-order valence-corrected chi connectivity index (χ3v) is 2.42. The van der Waals surface area contributed by atoms with Crippen molar-refractivity contribution in [3.8, 4) is 0 Å². The highest BCUT2D eigenvalue weighted by molar-refractivity contribution is 6.31. The Kier molecular flexibility index (Phi) is 1.38. The van der Waals surface area contributed by atoms with E-state index in [0.717, 1.165) is 0 Å². The molecule has 0 atom stereocenters. The lowest BCUT2D eigenvalue weighted by Gasteiger charge is -2.47. The van der Waals surface area contributed by atoms with Gasteiger partial charge in [-0.2, -0.15) is 0 Å². The molecule has 1 saturated carbocycles. The number of Topliss-reactive ketones (excluding diaryl/α,β-unsaturated/α-hetero) is 1. The van der Waals surface area contributed by atoms with Crippen LogP contribution in [-0.2, 0) is 4.79 Å². The summed E-state index contributed by atoms with van der Waals surface area (Å²) in [6.07, 6.45) is 0. The molecule has 0 aromatic heterocycles. The van der Waals surface area contributed by atoms with Crippen LogP contribution in [0.25, 0.3) is 0 Å². The van der Waals surface area contributed by atoms with Gasteiger partial charge in [-0.15, -0.1) is 0 Å². The largest absolute Gasteiger partial charge is 0.411 e. The molecule has 0 aliphatic heterocycles. The summed E-state index contributed by atoms with van der Waals surface area (Å²) >= 11 is 0. The second kappa shape index (κ2) is 1.84. The van der Waals surface area contributed by atoms with Crippen LogP contribution in [0.2, 0.25) is 0 Å². The first-order chi connectivity index (χ1) is 4.85. The molecular weight excluding hydrogens is 142 g/mol. The smallest absolute Gasteiger partial charge is 0.155 e. The zero-order chi connectivity index (χ0) is 8.86. The Labute approximate surface area is 66.1 Å². The summed E-state index contributed by atoms with van der Waals surface area (Å²) in [5.74, 6) is 0.137. The van der Waals surface area contributed by atoms with Gasteiger partial charge in [0, 0.05) is 0 Å². The van der Waals surface area contributed by atoms with Gasteiger partial charge in [-0.05, 0) is 27.7 Å². The molecule has 1 aliphatic rings. The van der Waals surface area contributed by atoms with Crippen LogP contribution in [-0.4, -0.2) is 16.7 Å². The Hall–Kier alpha value is -0.860. The van der Waals surface area contributed by atoms with Gasteiger partial charge in [-0.25, -0.2) is 0 Å². The molecule has 0 aromatic carbocycles. The third kappa shape index (κ3) is 0.737. The van der Waals surface area contributed by atoms with Crippen LogP contribution in [0.1, 0.15) is 27.7 Å². The fourth-order valence-corrected chi connectivity index (χ4v) is 1.97. The highest BCUT2D eigenvalue weighted by Crippen LogP contribution is 2.46. The Morgan fingerprint density at radius 1 is 1.18 bits per heavy atom. The second-order valence-electron chi connectivity index (χ2n) is 4.03. The molecule has 1 fully saturated rings. The molecule has 1 rings (SSSR count). The van der Waals surface area contributed by atoms with E-state index in [2.05, 4.69) is 5.16 Å². The summed E-state index contributed by atoms with van der Waals surface area (Å²) in [7, 11) is 0. The predicted octanol–water partition coefficient (Wildman–Crippen LogP) is 1.45. The average Bonchev–Trinajstić information content (AvgIpc) is 1.86. The van der Waals surface area contributed by atoms with Crippen molar-refractivity contribution in [3.63, 3.8) is 0 Å². The number of carbonyl (C=O) groups excluding carboxylic acids is 1. The monoisotopic (exact) mass is 155 g/mol. The van der Waals surface area contributed by atoms with Gasteiger partial charge in [0.15, 0.2) is 5.78 Å². The summed E-state index contributed by atoms with van der Waals surface area (Å²) in [4.78, 5) is 11.4. The number of hydrogen-bond acceptors (Lipinski definition) is 3. The molecule has 0 amide bonds. The van der Waals surface area contributed by atoms with Crippen molar-refractivity contribution in [2.24, 2.45) is 16.0 Å². The zero-order valence-corrected chi connectivity index (χ0v) is 7.30. The summed E-state index contributed by atoms with van der Waals surface area (Å²) < 4.78 is 0. The van der Waals surface area contributed by atoms with Gasteiger partial charge in [0.2, 0.25) is 0 Å². The van der Waals surface area contributed by atoms with E-state index in [1.54, 1.807) is 27.7 Å². The summed E-state index contributed by atoms with van der Waals surface area (Å²) in [6.45, 7) is 7.09. The standard InChI is InChI=1S/C8H13NO2/c1-7(2)5(9-11)8(3,4)6(7)10/h11H,1-4H3. The van der Waals surface area contributed by atoms with Crippen LogP contribution in [0.4, 0.5) is 0 Å². The second-order valence-corrected chi connectivity index (χ2v) is 4.03. The molecule has 0 unspecified atom stereocenters. The molecule has 0 radical (unpaired) electrons. The molecule has 0 aromatic rings. The molecule has 62 valence electrons. The fourth-order valence-electron chi connectivity index (χ4n) is 1.97. The van der Waals surface area contributed by atoms with Crippen LogP contribution in [0.3, 0.4) is 0 Å². The van der Waals surface area contributed by atoms with E-state index >= 15 is 0 Å². The van der Waals surface area contributed by atoms with E-state index in [9.17, 15) is 4.79 Å². The van der Waals surface area contributed by atoms with Crippen molar-refractivity contribution in [1.29, 1.82) is 0 Å². The minimum atomic E-state index is -0.557. The summed E-state index contributed by atoms with van der Waals surface area (Å²) in [5.41, 5.74) is -0.536. The van der Waals surface area contributed by atoms with Crippen molar-refractivity contribution in [2.45, 2.75) is 27.7 Å². The van der Waals surface area contributed by atoms with Crippen LogP contribution in [0, 0.1) is 10.8 Å². The maximum Gasteiger partial charge on any atom is 0.155 e. The number of oxime groups is 1. The van der Waals surface area contributed by atoms with Gasteiger partial charge in [0.05, 0.1) is 16.5 Å². The normalized spacial score (nSPS) is 26.2. The van der Waals surface area contributed by atoms with Gasteiger partial charge >= 0.3 is 0 Å². The molecule has 0 heterocycles. The zero-order valence-electron chi connectivity index (χ0n) is 7.30. The third-order valence-electron chi connectivity index (χ3n) is 2.42. The summed E-state index contributed by atoms with van der Waals surface area (Å²) in [6, 6.07) is 0. The highest BCUT2D eigenvalue weighted by atomic mass is 16.4. The SMILES string of the molecule is CC1(C)C(=O)C(C)(C)C1=NO. The number of carbonyl (C=O) groups is 1. The quantitative estimate of drug-likeness (QED) is 0.425. The van der Waals surface area contributed by atoms with Crippen LogP contribution in [0.5, 0.6) is 0 Å². The van der Waals surface area contributed by atoms with Crippen molar-refractivity contribution >= 4 is 11.5 Å². The molecule has 3 nitrogen and oxygen atoms in total. The first-order valence-electron chi connectivity index (χ1n) is 3.63. The minimum Gasteiger partial charge on any atom is -0.411 e. The minimum absolute atomic E-state index is 0.137. The number of nitrogens with zero attached hydrogens (tertiary/aromatic N) is 1. The van der Waals surface area contributed by atoms with Crippen LogP contribution < -0.4 is 0 Å². The fraction of sp³-hybridized carbons (Fsp3) is 0.750. The van der Waals surface area contributed by atoms with Gasteiger partial charge in [-0.1, -0.05) is 5.16 Å². The highest BCUT2D eigenvalue weighted by Gasteiger charge is 2.59. The lowest BCUT2D eigenvalue weighted by molar-refractivity contribution is -0.135. The molecule has 11 heavy (non-hydrogen) atoms. The maximum absolute atomic E-state index is 11.4. The Balaban J connectivity index is 3.08. The van der Waals surface area contributed by atoms with Gasteiger partial charge < -0.3 is 5.21 Å². The molecule has 0 spiro atoms. The Morgan fingerprint density at radius 3 is 1.73 bits per heavy atom. The van der Waals surface area contributed by atoms with Gasteiger partial charge in [-0.3, -0.25) is 4.79 Å². The topological polar surface area (TPSA) is 49.7 Å². The lowest BCUT2D eigenvalue weighted by atomic mass is 9.53. The molecular formula is C8H13NO2. The summed E-state index contributed by atoms with van der Waals surface area (Å²) in [5, 5.41) is 11.8. The van der Waals surface area contributed by atoms with Crippen molar-refractivity contribution in [3.05, 3.63) is 0 Å². The van der Waals surface area contributed by atoms with Crippen LogP contribution >= 0.6 is 0 Å². The lowest BCUT2D eigenvalue weighted by Crippen LogP contribution is -2.61. The van der Waals surface area contributed by atoms with Gasteiger partial charge in [0.25, 0.3) is 0 Å². The van der Waals surface area contributed by atoms with Gasteiger partial charge in [0.1, 0.15) is 0 Å². The average molecular weight is 155 g/mol. The maximum atomic E-state index is 11.4. The van der Waals surface area contributed by atoms with Crippen LogP contribution in [0.15, 0.2) is 5.16 Å². The van der Waals surface area contributed by atoms with Crippen molar-refractivity contribution in [1.82, 2.24) is 0 Å². The van der Waals surface area contributed by atoms with E-state index in [4.69, 9.17) is 5.21 Å². The molecule has 3 heteroatoms. The van der Waals surface area contributed by atoms with Crippen molar-refractivity contribution in [2.75, 3.05) is 0 Å². The number of ketones is 1. The molecule has 0 saturated heterocycles. The molecule has 0 bridgehead atoms. The predicted molar refractivity (Wildman–Crippen MR) is 41.8 cm³/mol.